The number of aryl methyl sites for hydroxylation is 1. The van der Waals surface area contributed by atoms with Crippen molar-refractivity contribution in [1.82, 2.24) is 4.90 Å². The monoisotopic (exact) mass is 297 g/mol. The van der Waals surface area contributed by atoms with Gasteiger partial charge in [0.25, 0.3) is 5.91 Å². The Hall–Kier alpha value is -1.98. The summed E-state index contributed by atoms with van der Waals surface area (Å²) in [7, 11) is 0. The van der Waals surface area contributed by atoms with Crippen molar-refractivity contribution >= 4 is 11.9 Å². The van der Waals surface area contributed by atoms with Crippen LogP contribution in [-0.2, 0) is 4.79 Å². The first-order valence-corrected chi connectivity index (χ1v) is 6.85. The molecule has 1 aromatic rings. The highest BCUT2D eigenvalue weighted by atomic mass is 19.1. The maximum absolute atomic E-state index is 13.7. The summed E-state index contributed by atoms with van der Waals surface area (Å²) in [6.45, 7) is 2.27. The SMILES string of the molecule is Cc1cc(C(=O)N2CCC(CC(=O)O)CC2)c(F)cc1F. The number of carbonyl (C=O) groups is 2. The van der Waals surface area contributed by atoms with Gasteiger partial charge in [0.05, 0.1) is 5.56 Å². The number of likely N-dealkylation sites (tertiary alicyclic amines) is 1. The molecule has 6 heteroatoms. The minimum absolute atomic E-state index is 0.0475. The lowest BCUT2D eigenvalue weighted by atomic mass is 9.93. The zero-order chi connectivity index (χ0) is 15.6. The summed E-state index contributed by atoms with van der Waals surface area (Å²) in [5.41, 5.74) is 0.0890. The van der Waals surface area contributed by atoms with Crippen LogP contribution < -0.4 is 0 Å². The first-order chi connectivity index (χ1) is 9.88. The Morgan fingerprint density at radius 3 is 2.43 bits per heavy atom. The molecule has 1 heterocycles. The van der Waals surface area contributed by atoms with E-state index in [1.165, 1.54) is 17.9 Å². The molecule has 4 nitrogen and oxygen atoms in total. The number of rotatable bonds is 3. The molecule has 1 aromatic carbocycles. The van der Waals surface area contributed by atoms with Crippen molar-refractivity contribution in [3.63, 3.8) is 0 Å². The van der Waals surface area contributed by atoms with Crippen molar-refractivity contribution < 1.29 is 23.5 Å². The van der Waals surface area contributed by atoms with Gasteiger partial charge in [-0.25, -0.2) is 8.78 Å². The number of nitrogens with zero attached hydrogens (tertiary/aromatic N) is 1. The summed E-state index contributed by atoms with van der Waals surface area (Å²) in [5.74, 6) is -2.81. The van der Waals surface area contributed by atoms with E-state index in [9.17, 15) is 18.4 Å². The van der Waals surface area contributed by atoms with Crippen molar-refractivity contribution in [3.05, 3.63) is 34.9 Å². The smallest absolute Gasteiger partial charge is 0.303 e. The Labute approximate surface area is 121 Å². The van der Waals surface area contributed by atoms with Gasteiger partial charge in [-0.3, -0.25) is 9.59 Å². The van der Waals surface area contributed by atoms with E-state index < -0.39 is 23.5 Å². The summed E-state index contributed by atoms with van der Waals surface area (Å²) in [4.78, 5) is 24.4. The predicted octanol–water partition coefficient (Wildman–Crippen LogP) is 2.60. The minimum Gasteiger partial charge on any atom is -0.481 e. The van der Waals surface area contributed by atoms with E-state index in [4.69, 9.17) is 5.11 Å². The van der Waals surface area contributed by atoms with Crippen molar-refractivity contribution in [2.75, 3.05) is 13.1 Å². The Bertz CT molecular complexity index is 566. The molecule has 1 fully saturated rings. The maximum atomic E-state index is 13.7. The molecule has 114 valence electrons. The van der Waals surface area contributed by atoms with Crippen LogP contribution in [0.3, 0.4) is 0 Å². The van der Waals surface area contributed by atoms with E-state index in [-0.39, 0.29) is 23.5 Å². The summed E-state index contributed by atoms with van der Waals surface area (Å²) in [6.07, 6.45) is 1.26. The number of hydrogen-bond acceptors (Lipinski definition) is 2. The van der Waals surface area contributed by atoms with Gasteiger partial charge in [0.2, 0.25) is 0 Å². The number of aliphatic carboxylic acids is 1. The Morgan fingerprint density at radius 1 is 1.24 bits per heavy atom. The molecule has 0 spiro atoms. The van der Waals surface area contributed by atoms with Gasteiger partial charge in [0.15, 0.2) is 0 Å². The number of hydrogen-bond donors (Lipinski definition) is 1. The lowest BCUT2D eigenvalue weighted by molar-refractivity contribution is -0.138. The molecule has 0 atom stereocenters. The number of carbonyl (C=O) groups excluding carboxylic acids is 1. The van der Waals surface area contributed by atoms with Crippen LogP contribution in [0.4, 0.5) is 8.78 Å². The van der Waals surface area contributed by atoms with Crippen LogP contribution >= 0.6 is 0 Å². The van der Waals surface area contributed by atoms with Crippen molar-refractivity contribution in [1.29, 1.82) is 0 Å². The quantitative estimate of drug-likeness (QED) is 0.933. The summed E-state index contributed by atoms with van der Waals surface area (Å²) < 4.78 is 26.9. The van der Waals surface area contributed by atoms with E-state index in [0.717, 1.165) is 6.07 Å². The van der Waals surface area contributed by atoms with Gasteiger partial charge in [-0.1, -0.05) is 0 Å². The minimum atomic E-state index is -0.865. The summed E-state index contributed by atoms with van der Waals surface area (Å²) in [5, 5.41) is 8.75. The fourth-order valence-corrected chi connectivity index (χ4v) is 2.58. The molecule has 0 radical (unpaired) electrons. The third kappa shape index (κ3) is 3.56. The van der Waals surface area contributed by atoms with Crippen LogP contribution in [0.15, 0.2) is 12.1 Å². The molecule has 0 saturated carbocycles. The van der Waals surface area contributed by atoms with E-state index in [0.29, 0.717) is 25.9 Å². The van der Waals surface area contributed by atoms with Crippen LogP contribution in [0.25, 0.3) is 0 Å². The summed E-state index contributed by atoms with van der Waals surface area (Å²) >= 11 is 0. The number of piperidine rings is 1. The normalized spacial score (nSPS) is 16.0. The second kappa shape index (κ2) is 6.20. The molecular formula is C15H17F2NO3. The Balaban J connectivity index is 2.05. The van der Waals surface area contributed by atoms with Crippen LogP contribution in [0.1, 0.15) is 35.2 Å². The number of carboxylic acids is 1. The third-order valence-corrected chi connectivity index (χ3v) is 3.84. The average Bonchev–Trinajstić information content (AvgIpc) is 2.42. The number of benzene rings is 1. The van der Waals surface area contributed by atoms with E-state index in [1.807, 2.05) is 0 Å². The lowest BCUT2D eigenvalue weighted by Gasteiger charge is -2.31. The fraction of sp³-hybridized carbons (Fsp3) is 0.467. The molecule has 1 N–H and O–H groups in total. The molecule has 0 bridgehead atoms. The topological polar surface area (TPSA) is 57.6 Å². The number of amides is 1. The molecule has 2 rings (SSSR count). The molecule has 21 heavy (non-hydrogen) atoms. The highest BCUT2D eigenvalue weighted by molar-refractivity contribution is 5.94. The van der Waals surface area contributed by atoms with Crippen LogP contribution in [0.2, 0.25) is 0 Å². The van der Waals surface area contributed by atoms with E-state index in [1.54, 1.807) is 0 Å². The second-order valence-corrected chi connectivity index (χ2v) is 5.41. The van der Waals surface area contributed by atoms with Gasteiger partial charge in [0.1, 0.15) is 11.6 Å². The van der Waals surface area contributed by atoms with Gasteiger partial charge in [-0.05, 0) is 37.3 Å². The largest absolute Gasteiger partial charge is 0.481 e. The molecule has 0 aromatic heterocycles. The predicted molar refractivity (Wildman–Crippen MR) is 72.0 cm³/mol. The van der Waals surface area contributed by atoms with Gasteiger partial charge in [-0.2, -0.15) is 0 Å². The van der Waals surface area contributed by atoms with Gasteiger partial charge >= 0.3 is 5.97 Å². The Morgan fingerprint density at radius 2 is 1.86 bits per heavy atom. The van der Waals surface area contributed by atoms with Gasteiger partial charge in [0, 0.05) is 25.6 Å². The fourth-order valence-electron chi connectivity index (χ4n) is 2.58. The zero-order valence-electron chi connectivity index (χ0n) is 11.7. The number of halogens is 2. The second-order valence-electron chi connectivity index (χ2n) is 5.41. The zero-order valence-corrected chi connectivity index (χ0v) is 11.7. The molecular weight excluding hydrogens is 280 g/mol. The van der Waals surface area contributed by atoms with E-state index in [2.05, 4.69) is 0 Å². The highest BCUT2D eigenvalue weighted by Crippen LogP contribution is 2.23. The average molecular weight is 297 g/mol. The first-order valence-electron chi connectivity index (χ1n) is 6.85. The Kier molecular flexibility index (Phi) is 4.55. The molecule has 1 amide bonds. The maximum Gasteiger partial charge on any atom is 0.303 e. The van der Waals surface area contributed by atoms with Gasteiger partial charge in [-0.15, -0.1) is 0 Å². The van der Waals surface area contributed by atoms with Crippen molar-refractivity contribution in [2.45, 2.75) is 26.2 Å². The third-order valence-electron chi connectivity index (χ3n) is 3.84. The van der Waals surface area contributed by atoms with E-state index >= 15 is 0 Å². The van der Waals surface area contributed by atoms with Gasteiger partial charge < -0.3 is 10.0 Å². The summed E-state index contributed by atoms with van der Waals surface area (Å²) in [6, 6.07) is 1.94. The molecule has 1 aliphatic heterocycles. The molecule has 1 saturated heterocycles. The standard InChI is InChI=1S/C15H17F2NO3/c1-9-6-11(13(17)8-12(9)16)15(21)18-4-2-10(3-5-18)7-14(19)20/h6,8,10H,2-5,7H2,1H3,(H,19,20). The van der Waals surface area contributed by atoms with Crippen molar-refractivity contribution in [2.24, 2.45) is 5.92 Å². The lowest BCUT2D eigenvalue weighted by Crippen LogP contribution is -2.39. The van der Waals surface area contributed by atoms with Crippen LogP contribution in [0, 0.1) is 24.5 Å². The van der Waals surface area contributed by atoms with Crippen molar-refractivity contribution in [3.8, 4) is 0 Å². The molecule has 1 aliphatic rings. The van der Waals surface area contributed by atoms with Crippen LogP contribution in [0.5, 0.6) is 0 Å². The first kappa shape index (κ1) is 15.4. The highest BCUT2D eigenvalue weighted by Gasteiger charge is 2.26. The number of carboxylic acid groups (broad SMARTS) is 1. The molecule has 0 unspecified atom stereocenters. The molecule has 0 aliphatic carbocycles. The van der Waals surface area contributed by atoms with Crippen LogP contribution in [-0.4, -0.2) is 35.0 Å².